The molecule has 8 heteroatoms. The second-order valence-corrected chi connectivity index (χ2v) is 10.3. The number of benzene rings is 1. The second-order valence-electron chi connectivity index (χ2n) is 10.3. The van der Waals surface area contributed by atoms with Crippen LogP contribution in [0.25, 0.3) is 0 Å². The number of rotatable bonds is 8. The lowest BCUT2D eigenvalue weighted by atomic mass is 9.69. The van der Waals surface area contributed by atoms with Gasteiger partial charge in [-0.25, -0.2) is 9.80 Å². The number of carboxylic acids is 1. The van der Waals surface area contributed by atoms with Crippen molar-refractivity contribution >= 4 is 17.8 Å². The number of amides is 1. The van der Waals surface area contributed by atoms with Gasteiger partial charge in [-0.2, -0.15) is 0 Å². The maximum absolute atomic E-state index is 13.9. The average molecular weight is 474 g/mol. The van der Waals surface area contributed by atoms with Crippen molar-refractivity contribution in [1.29, 1.82) is 0 Å². The fourth-order valence-corrected chi connectivity index (χ4v) is 5.33. The zero-order valence-corrected chi connectivity index (χ0v) is 20.9. The predicted molar refractivity (Wildman–Crippen MR) is 129 cm³/mol. The highest BCUT2D eigenvalue weighted by Gasteiger charge is 2.59. The average Bonchev–Trinajstić information content (AvgIpc) is 2.95. The summed E-state index contributed by atoms with van der Waals surface area (Å²) in [7, 11) is 0. The van der Waals surface area contributed by atoms with Gasteiger partial charge in [0, 0.05) is 13.1 Å². The van der Waals surface area contributed by atoms with Crippen molar-refractivity contribution in [2.75, 3.05) is 19.7 Å². The topological polar surface area (TPSA) is 99.2 Å². The number of fused-ring (bicyclic) bond motifs is 1. The quantitative estimate of drug-likeness (QED) is 0.560. The predicted octanol–water partition coefficient (Wildman–Crippen LogP) is 3.01. The maximum atomic E-state index is 13.9. The van der Waals surface area contributed by atoms with Crippen molar-refractivity contribution < 1.29 is 24.2 Å². The third-order valence-electron chi connectivity index (χ3n) is 7.15. The van der Waals surface area contributed by atoms with Crippen LogP contribution < -0.4 is 5.32 Å². The van der Waals surface area contributed by atoms with Crippen molar-refractivity contribution in [3.8, 4) is 0 Å². The van der Waals surface area contributed by atoms with E-state index >= 15 is 0 Å². The van der Waals surface area contributed by atoms with Gasteiger partial charge in [0.25, 0.3) is 5.91 Å². The smallest absolute Gasteiger partial charge is 0.331 e. The molecule has 0 saturated carbocycles. The molecule has 0 spiro atoms. The summed E-state index contributed by atoms with van der Waals surface area (Å²) in [6.07, 6.45) is 3.53. The van der Waals surface area contributed by atoms with Gasteiger partial charge in [-0.1, -0.05) is 51.1 Å². The molecule has 0 bridgehead atoms. The molecule has 34 heavy (non-hydrogen) atoms. The molecule has 2 aliphatic rings. The molecule has 1 amide bonds. The number of ether oxygens (including phenoxy) is 1. The molecule has 0 unspecified atom stereocenters. The van der Waals surface area contributed by atoms with Crippen LogP contribution in [0.5, 0.6) is 0 Å². The number of carbonyl (C=O) groups is 3. The number of aliphatic carboxylic acids is 1. The maximum Gasteiger partial charge on any atom is 0.331 e. The number of carbonyl (C=O) groups excluding carboxylic acids is 2. The van der Waals surface area contributed by atoms with Gasteiger partial charge in [-0.15, -0.1) is 0 Å². The molecule has 0 aliphatic carbocycles. The van der Waals surface area contributed by atoms with Crippen LogP contribution >= 0.6 is 0 Å². The van der Waals surface area contributed by atoms with E-state index in [1.165, 1.54) is 5.01 Å². The van der Waals surface area contributed by atoms with E-state index in [9.17, 15) is 19.5 Å². The summed E-state index contributed by atoms with van der Waals surface area (Å²) in [6.45, 7) is 8.93. The van der Waals surface area contributed by atoms with Gasteiger partial charge in [0.1, 0.15) is 6.04 Å². The Bertz CT molecular complexity index is 869. The van der Waals surface area contributed by atoms with Crippen LogP contribution in [-0.2, 0) is 25.5 Å². The van der Waals surface area contributed by atoms with Crippen LogP contribution in [0.4, 0.5) is 0 Å². The van der Waals surface area contributed by atoms with Gasteiger partial charge in [0.15, 0.2) is 5.54 Å². The fraction of sp³-hybridized carbons (Fsp3) is 0.654. The van der Waals surface area contributed by atoms with E-state index in [-0.39, 0.29) is 18.5 Å². The fourth-order valence-electron chi connectivity index (χ4n) is 5.33. The first-order valence-electron chi connectivity index (χ1n) is 12.4. The summed E-state index contributed by atoms with van der Waals surface area (Å²) in [6, 6.07) is 8.57. The Morgan fingerprint density at radius 1 is 1.21 bits per heavy atom. The Hall–Kier alpha value is -2.45. The van der Waals surface area contributed by atoms with Crippen molar-refractivity contribution in [3.05, 3.63) is 35.9 Å². The Labute approximate surface area is 202 Å². The Balaban J connectivity index is 1.87. The zero-order valence-electron chi connectivity index (χ0n) is 20.9. The number of hydrogen-bond acceptors (Lipinski definition) is 6. The van der Waals surface area contributed by atoms with Gasteiger partial charge < -0.3 is 9.84 Å². The van der Waals surface area contributed by atoms with Gasteiger partial charge in [-0.05, 0) is 56.4 Å². The third kappa shape index (κ3) is 5.28. The number of nitrogens with one attached hydrogen (secondary N) is 1. The number of aryl methyl sites for hydroxylation is 1. The minimum atomic E-state index is -1.34. The highest BCUT2D eigenvalue weighted by Crippen LogP contribution is 2.44. The molecule has 188 valence electrons. The Morgan fingerprint density at radius 2 is 1.88 bits per heavy atom. The first kappa shape index (κ1) is 26.2. The van der Waals surface area contributed by atoms with Crippen LogP contribution in [0.1, 0.15) is 65.4 Å². The van der Waals surface area contributed by atoms with E-state index < -0.39 is 29.0 Å². The Kier molecular flexibility index (Phi) is 8.36. The lowest BCUT2D eigenvalue weighted by Crippen LogP contribution is -2.73. The minimum Gasteiger partial charge on any atom is -0.479 e. The molecule has 2 heterocycles. The molecule has 0 aromatic heterocycles. The van der Waals surface area contributed by atoms with E-state index in [2.05, 4.69) is 5.32 Å². The van der Waals surface area contributed by atoms with E-state index in [1.54, 1.807) is 6.92 Å². The van der Waals surface area contributed by atoms with Crippen molar-refractivity contribution in [3.63, 3.8) is 0 Å². The van der Waals surface area contributed by atoms with Crippen molar-refractivity contribution in [2.24, 2.45) is 5.41 Å². The second kappa shape index (κ2) is 10.9. The molecule has 3 rings (SSSR count). The lowest BCUT2D eigenvalue weighted by molar-refractivity contribution is -0.208. The van der Waals surface area contributed by atoms with Crippen LogP contribution in [-0.4, -0.2) is 70.3 Å². The summed E-state index contributed by atoms with van der Waals surface area (Å²) in [5.74, 6) is -1.64. The van der Waals surface area contributed by atoms with E-state index in [0.29, 0.717) is 45.2 Å². The van der Waals surface area contributed by atoms with Crippen LogP contribution in [0.3, 0.4) is 0 Å². The SMILES string of the molecule is CCOC(=O)[C@H](CCc1ccccc1)N[C@H]1CCCN2CCC[C@@](C(=O)O)(C(C)(C)C)N2C1=O. The van der Waals surface area contributed by atoms with Gasteiger partial charge >= 0.3 is 11.9 Å². The van der Waals surface area contributed by atoms with Crippen molar-refractivity contribution in [2.45, 2.75) is 83.8 Å². The molecule has 2 N–H and O–H groups in total. The number of hydrogen-bond donors (Lipinski definition) is 2. The number of carboxylic acid groups (broad SMARTS) is 1. The van der Waals surface area contributed by atoms with E-state index in [0.717, 1.165) is 12.0 Å². The van der Waals surface area contributed by atoms with Gasteiger partial charge in [0.2, 0.25) is 0 Å². The van der Waals surface area contributed by atoms with Crippen LogP contribution in [0, 0.1) is 5.41 Å². The third-order valence-corrected chi connectivity index (χ3v) is 7.15. The van der Waals surface area contributed by atoms with Gasteiger partial charge in [-0.3, -0.25) is 19.9 Å². The number of nitrogens with zero attached hydrogens (tertiary/aromatic N) is 2. The molecular formula is C26H39N3O5. The lowest BCUT2D eigenvalue weighted by Gasteiger charge is -2.55. The van der Waals surface area contributed by atoms with Crippen LogP contribution in [0.15, 0.2) is 30.3 Å². The first-order valence-corrected chi connectivity index (χ1v) is 12.4. The molecule has 2 aliphatic heterocycles. The first-order chi connectivity index (χ1) is 16.1. The molecule has 0 radical (unpaired) electrons. The zero-order chi connectivity index (χ0) is 24.9. The number of esters is 1. The number of hydrazine groups is 1. The monoisotopic (exact) mass is 473 g/mol. The molecular weight excluding hydrogens is 434 g/mol. The Morgan fingerprint density at radius 3 is 2.50 bits per heavy atom. The molecule has 2 fully saturated rings. The summed E-state index contributed by atoms with van der Waals surface area (Å²) in [5.41, 5.74) is -0.906. The normalized spacial score (nSPS) is 24.8. The van der Waals surface area contributed by atoms with E-state index in [4.69, 9.17) is 4.74 Å². The summed E-state index contributed by atoms with van der Waals surface area (Å²) in [5, 5.41) is 17.1. The standard InChI is InChI=1S/C26H39N3O5/c1-5-34-23(31)21(15-14-19-11-7-6-8-12-19)27-20-13-9-17-28-18-10-16-26(24(32)33,25(2,3)4)29(28)22(20)30/h6-8,11-12,20-21,27H,5,9-10,13-18H2,1-4H3,(H,32,33)/t20-,21-,26+/m0/s1. The molecule has 3 atom stereocenters. The molecule has 2 saturated heterocycles. The van der Waals surface area contributed by atoms with Crippen LogP contribution in [0.2, 0.25) is 0 Å². The molecule has 1 aromatic rings. The summed E-state index contributed by atoms with van der Waals surface area (Å²) in [4.78, 5) is 39.4. The molecule has 8 nitrogen and oxygen atoms in total. The minimum absolute atomic E-state index is 0.257. The highest BCUT2D eigenvalue weighted by atomic mass is 16.5. The van der Waals surface area contributed by atoms with Crippen molar-refractivity contribution in [1.82, 2.24) is 15.3 Å². The largest absolute Gasteiger partial charge is 0.479 e. The molecule has 1 aromatic carbocycles. The highest BCUT2D eigenvalue weighted by molar-refractivity contribution is 5.91. The summed E-state index contributed by atoms with van der Waals surface area (Å²) >= 11 is 0. The summed E-state index contributed by atoms with van der Waals surface area (Å²) < 4.78 is 5.31. The van der Waals surface area contributed by atoms with Gasteiger partial charge in [0.05, 0.1) is 12.6 Å². The van der Waals surface area contributed by atoms with E-state index in [1.807, 2.05) is 56.1 Å².